The van der Waals surface area contributed by atoms with Gasteiger partial charge in [0, 0.05) is 23.9 Å². The number of rotatable bonds is 9. The number of hydrogen-bond acceptors (Lipinski definition) is 5. The molecule has 1 aromatic carbocycles. The molecule has 0 bridgehead atoms. The van der Waals surface area contributed by atoms with Gasteiger partial charge >= 0.3 is 0 Å². The van der Waals surface area contributed by atoms with Crippen molar-refractivity contribution in [3.05, 3.63) is 23.8 Å². The van der Waals surface area contributed by atoms with Crippen LogP contribution in [0.2, 0.25) is 0 Å². The molecule has 0 saturated carbocycles. The predicted molar refractivity (Wildman–Crippen MR) is 88.3 cm³/mol. The maximum absolute atomic E-state index is 12.3. The van der Waals surface area contributed by atoms with Gasteiger partial charge in [-0.15, -0.1) is 0 Å². The number of nitrogens with two attached hydrogens (primary N) is 1. The van der Waals surface area contributed by atoms with E-state index in [1.54, 1.807) is 30.0 Å². The van der Waals surface area contributed by atoms with Crippen LogP contribution in [0.5, 0.6) is 5.75 Å². The number of ether oxygens (including phenoxy) is 1. The van der Waals surface area contributed by atoms with Crippen LogP contribution in [-0.2, 0) is 16.6 Å². The standard InChI is InChI=1S/C14H24N2O3S2/c1-4-19-14-7-6-13(8-12(14)9-15)21(17,18)16-11(3)10-20-5-2/h6-8,11,16H,4-5,9-10,15H2,1-3H3. The Morgan fingerprint density at radius 2 is 2.10 bits per heavy atom. The van der Waals surface area contributed by atoms with Crippen LogP contribution in [0, 0.1) is 0 Å². The summed E-state index contributed by atoms with van der Waals surface area (Å²) in [7, 11) is -3.53. The van der Waals surface area contributed by atoms with Crippen molar-refractivity contribution in [3.63, 3.8) is 0 Å². The Morgan fingerprint density at radius 1 is 1.38 bits per heavy atom. The first-order chi connectivity index (χ1) is 9.94. The second-order valence-corrected chi connectivity index (χ2v) is 7.62. The predicted octanol–water partition coefficient (Wildman–Crippen LogP) is 1.96. The van der Waals surface area contributed by atoms with Crippen molar-refractivity contribution in [3.8, 4) is 5.75 Å². The fraction of sp³-hybridized carbons (Fsp3) is 0.571. The highest BCUT2D eigenvalue weighted by Gasteiger charge is 2.18. The van der Waals surface area contributed by atoms with E-state index >= 15 is 0 Å². The molecule has 120 valence electrons. The zero-order valence-corrected chi connectivity index (χ0v) is 14.4. The molecule has 1 unspecified atom stereocenters. The number of nitrogens with one attached hydrogen (secondary N) is 1. The Hall–Kier alpha value is -0.760. The van der Waals surface area contributed by atoms with E-state index < -0.39 is 10.0 Å². The van der Waals surface area contributed by atoms with Crippen molar-refractivity contribution >= 4 is 21.8 Å². The fourth-order valence-electron chi connectivity index (χ4n) is 1.84. The molecule has 1 rings (SSSR count). The van der Waals surface area contributed by atoms with Gasteiger partial charge in [-0.1, -0.05) is 6.92 Å². The van der Waals surface area contributed by atoms with Crippen LogP contribution in [0.15, 0.2) is 23.1 Å². The topological polar surface area (TPSA) is 81.4 Å². The first kappa shape index (κ1) is 18.3. The van der Waals surface area contributed by atoms with E-state index in [-0.39, 0.29) is 17.5 Å². The number of hydrogen-bond donors (Lipinski definition) is 2. The first-order valence-electron chi connectivity index (χ1n) is 7.00. The monoisotopic (exact) mass is 332 g/mol. The van der Waals surface area contributed by atoms with Crippen LogP contribution in [0.1, 0.15) is 26.3 Å². The highest BCUT2D eigenvalue weighted by Crippen LogP contribution is 2.22. The molecule has 1 atom stereocenters. The second-order valence-electron chi connectivity index (χ2n) is 4.59. The van der Waals surface area contributed by atoms with Crippen LogP contribution < -0.4 is 15.2 Å². The van der Waals surface area contributed by atoms with Gasteiger partial charge in [-0.3, -0.25) is 0 Å². The van der Waals surface area contributed by atoms with Gasteiger partial charge in [0.2, 0.25) is 10.0 Å². The lowest BCUT2D eigenvalue weighted by molar-refractivity contribution is 0.336. The Kier molecular flexibility index (Phi) is 7.51. The van der Waals surface area contributed by atoms with Gasteiger partial charge in [0.15, 0.2) is 0 Å². The molecular formula is C14H24N2O3S2. The maximum Gasteiger partial charge on any atom is 0.240 e. The van der Waals surface area contributed by atoms with Crippen molar-refractivity contribution < 1.29 is 13.2 Å². The lowest BCUT2D eigenvalue weighted by atomic mass is 10.2. The average molecular weight is 332 g/mol. The summed E-state index contributed by atoms with van der Waals surface area (Å²) < 4.78 is 32.8. The van der Waals surface area contributed by atoms with E-state index in [1.165, 1.54) is 0 Å². The fourth-order valence-corrected chi connectivity index (χ4v) is 3.91. The van der Waals surface area contributed by atoms with Crippen LogP contribution in [0.25, 0.3) is 0 Å². The maximum atomic E-state index is 12.3. The van der Waals surface area contributed by atoms with Crippen molar-refractivity contribution in [1.82, 2.24) is 4.72 Å². The molecule has 0 aliphatic carbocycles. The average Bonchev–Trinajstić information content (AvgIpc) is 2.45. The lowest BCUT2D eigenvalue weighted by Gasteiger charge is -2.15. The van der Waals surface area contributed by atoms with Crippen LogP contribution in [0.4, 0.5) is 0 Å². The van der Waals surface area contributed by atoms with Crippen molar-refractivity contribution in [1.29, 1.82) is 0 Å². The summed E-state index contributed by atoms with van der Waals surface area (Å²) in [4.78, 5) is 0.222. The summed E-state index contributed by atoms with van der Waals surface area (Å²) in [6.07, 6.45) is 0. The Morgan fingerprint density at radius 3 is 2.67 bits per heavy atom. The van der Waals surface area contributed by atoms with Gasteiger partial charge in [-0.05, 0) is 37.8 Å². The molecule has 0 heterocycles. The highest BCUT2D eigenvalue weighted by molar-refractivity contribution is 7.99. The molecule has 5 nitrogen and oxygen atoms in total. The minimum Gasteiger partial charge on any atom is -0.494 e. The summed E-state index contributed by atoms with van der Waals surface area (Å²) in [5.41, 5.74) is 6.35. The van der Waals surface area contributed by atoms with Crippen LogP contribution in [-0.4, -0.2) is 32.6 Å². The minimum atomic E-state index is -3.53. The third-order valence-corrected chi connectivity index (χ3v) is 5.52. The molecule has 7 heteroatoms. The van der Waals surface area contributed by atoms with E-state index in [1.807, 2.05) is 20.8 Å². The molecule has 21 heavy (non-hydrogen) atoms. The highest BCUT2D eigenvalue weighted by atomic mass is 32.2. The number of thioether (sulfide) groups is 1. The summed E-state index contributed by atoms with van der Waals surface area (Å²) in [6.45, 7) is 6.53. The van der Waals surface area contributed by atoms with Gasteiger partial charge in [0.1, 0.15) is 5.75 Å². The van der Waals surface area contributed by atoms with Crippen molar-refractivity contribution in [2.45, 2.75) is 38.3 Å². The summed E-state index contributed by atoms with van der Waals surface area (Å²) >= 11 is 1.70. The first-order valence-corrected chi connectivity index (χ1v) is 9.64. The normalized spacial score (nSPS) is 13.1. The van der Waals surface area contributed by atoms with E-state index in [2.05, 4.69) is 4.72 Å². The molecule has 0 fully saturated rings. The SMILES string of the molecule is CCOc1ccc(S(=O)(=O)NC(C)CSCC)cc1CN. The zero-order chi connectivity index (χ0) is 15.9. The molecule has 0 aliphatic rings. The largest absolute Gasteiger partial charge is 0.494 e. The number of sulfonamides is 1. The smallest absolute Gasteiger partial charge is 0.240 e. The van der Waals surface area contributed by atoms with Crippen LogP contribution >= 0.6 is 11.8 Å². The molecule has 0 aliphatic heterocycles. The van der Waals surface area contributed by atoms with Gasteiger partial charge < -0.3 is 10.5 Å². The van der Waals surface area contributed by atoms with Crippen LogP contribution in [0.3, 0.4) is 0 Å². The summed E-state index contributed by atoms with van der Waals surface area (Å²) in [6, 6.07) is 4.66. The molecule has 3 N–H and O–H groups in total. The van der Waals surface area contributed by atoms with Gasteiger partial charge in [0.25, 0.3) is 0 Å². The zero-order valence-electron chi connectivity index (χ0n) is 12.8. The number of benzene rings is 1. The van der Waals surface area contributed by atoms with Crippen molar-refractivity contribution in [2.75, 3.05) is 18.1 Å². The molecule has 0 saturated heterocycles. The van der Waals surface area contributed by atoms with Gasteiger partial charge in [0.05, 0.1) is 11.5 Å². The molecule has 0 amide bonds. The quantitative estimate of drug-likeness (QED) is 0.722. The third kappa shape index (κ3) is 5.50. The molecule has 0 aromatic heterocycles. The molecule has 1 aromatic rings. The minimum absolute atomic E-state index is 0.118. The Balaban J connectivity index is 2.92. The van der Waals surface area contributed by atoms with Crippen molar-refractivity contribution in [2.24, 2.45) is 5.73 Å². The van der Waals surface area contributed by atoms with Gasteiger partial charge in [-0.2, -0.15) is 11.8 Å². The second kappa shape index (κ2) is 8.63. The van der Waals surface area contributed by atoms with E-state index in [0.29, 0.717) is 17.9 Å². The van der Waals surface area contributed by atoms with Gasteiger partial charge in [-0.25, -0.2) is 13.1 Å². The Labute approximate surface area is 131 Å². The summed E-state index contributed by atoms with van der Waals surface area (Å²) in [5.74, 6) is 2.34. The van der Waals surface area contributed by atoms with E-state index in [4.69, 9.17) is 10.5 Å². The van der Waals surface area contributed by atoms with E-state index in [9.17, 15) is 8.42 Å². The molecular weight excluding hydrogens is 308 g/mol. The third-order valence-electron chi connectivity index (χ3n) is 2.79. The Bertz CT molecular complexity index is 547. The molecule has 0 spiro atoms. The molecule has 0 radical (unpaired) electrons. The lowest BCUT2D eigenvalue weighted by Crippen LogP contribution is -2.34. The van der Waals surface area contributed by atoms with E-state index in [0.717, 1.165) is 11.5 Å². The summed E-state index contributed by atoms with van der Waals surface area (Å²) in [5, 5.41) is 0.